The number of carbonyl (C=O) groups is 1. The van der Waals surface area contributed by atoms with Crippen LogP contribution in [0, 0.1) is 0 Å². The fourth-order valence-corrected chi connectivity index (χ4v) is 10.3. The minimum absolute atomic E-state index is 0.227. The van der Waals surface area contributed by atoms with Crippen molar-refractivity contribution in [1.82, 2.24) is 5.32 Å². The Morgan fingerprint density at radius 3 is 1.34 bits per heavy atom. The zero-order chi connectivity index (χ0) is 57.4. The van der Waals surface area contributed by atoms with Gasteiger partial charge in [-0.25, -0.2) is 0 Å². The first kappa shape index (κ1) is 72.8. The minimum Gasteiger partial charge on any atom is -0.394 e. The van der Waals surface area contributed by atoms with Crippen molar-refractivity contribution in [3.63, 3.8) is 0 Å². The molecule has 0 spiro atoms. The van der Waals surface area contributed by atoms with Gasteiger partial charge in [-0.3, -0.25) is 4.79 Å². The largest absolute Gasteiger partial charge is 0.394 e. The van der Waals surface area contributed by atoms with E-state index in [0.29, 0.717) is 6.42 Å². The van der Waals surface area contributed by atoms with Crippen molar-refractivity contribution < 1.29 is 64.6 Å². The van der Waals surface area contributed by atoms with Crippen LogP contribution >= 0.6 is 0 Å². The zero-order valence-electron chi connectivity index (χ0n) is 49.6. The summed E-state index contributed by atoms with van der Waals surface area (Å²) in [6, 6.07) is -0.939. The molecule has 14 heteroatoms. The van der Waals surface area contributed by atoms with Gasteiger partial charge < -0.3 is 65.1 Å². The number of aliphatic hydroxyl groups is 8. The molecule has 1 amide bonds. The van der Waals surface area contributed by atoms with Crippen molar-refractivity contribution in [2.75, 3.05) is 19.8 Å². The standard InChI is InChI=1S/C65H117NO13/c1-3-5-7-9-11-13-15-17-19-20-21-22-23-24-25-26-27-28-29-30-31-32-33-35-36-38-40-42-44-46-48-54(69)53(66-57(70)49-47-45-43-41-39-37-34-18-16-14-12-10-8-6-4-2)52-76-64-62(75)60(73)63(56(51-68)78-64)79-65-61(74)59(72)58(71)55(50-67)77-65/h6,8,12,14,18,34,39,41,46,48,53-56,58-65,67-69,71-75H,3-5,7,9-11,13,15-17,19-33,35-38,40,42-45,47,49-52H2,1-2H3,(H,66,70)/b8-6-,14-12-,34-18-,41-39-,48-46+. The van der Waals surface area contributed by atoms with Gasteiger partial charge in [-0.2, -0.15) is 0 Å². The summed E-state index contributed by atoms with van der Waals surface area (Å²) in [7, 11) is 0. The number of hydrogen-bond donors (Lipinski definition) is 9. The lowest BCUT2D eigenvalue weighted by Gasteiger charge is -2.46. The third-order valence-electron chi connectivity index (χ3n) is 15.5. The van der Waals surface area contributed by atoms with Crippen molar-refractivity contribution in [3.05, 3.63) is 60.8 Å². The van der Waals surface area contributed by atoms with Crippen LogP contribution in [-0.4, -0.2) is 140 Å². The summed E-state index contributed by atoms with van der Waals surface area (Å²) in [6.45, 7) is 2.67. The molecular formula is C65H117NO13. The van der Waals surface area contributed by atoms with Crippen LogP contribution in [0.4, 0.5) is 0 Å². The lowest BCUT2D eigenvalue weighted by Crippen LogP contribution is -2.65. The van der Waals surface area contributed by atoms with Crippen LogP contribution in [0.1, 0.15) is 251 Å². The third-order valence-corrected chi connectivity index (χ3v) is 15.5. The molecule has 2 fully saturated rings. The van der Waals surface area contributed by atoms with Crippen molar-refractivity contribution >= 4 is 5.91 Å². The quantitative estimate of drug-likeness (QED) is 0.0204. The summed E-state index contributed by atoms with van der Waals surface area (Å²) in [5.74, 6) is -0.279. The number of ether oxygens (including phenoxy) is 4. The Bertz CT molecular complexity index is 1560. The van der Waals surface area contributed by atoms with Gasteiger partial charge >= 0.3 is 0 Å². The summed E-state index contributed by atoms with van der Waals surface area (Å²) >= 11 is 0. The molecule has 0 radical (unpaired) electrons. The van der Waals surface area contributed by atoms with E-state index >= 15 is 0 Å². The molecule has 460 valence electrons. The fourth-order valence-electron chi connectivity index (χ4n) is 10.3. The number of amides is 1. The van der Waals surface area contributed by atoms with E-state index in [1.165, 1.54) is 167 Å². The van der Waals surface area contributed by atoms with Gasteiger partial charge in [0.1, 0.15) is 48.8 Å². The molecule has 0 aromatic rings. The Morgan fingerprint density at radius 1 is 0.468 bits per heavy atom. The van der Waals surface area contributed by atoms with Crippen LogP contribution in [0.15, 0.2) is 60.8 Å². The van der Waals surface area contributed by atoms with Gasteiger partial charge in [0.15, 0.2) is 12.6 Å². The third kappa shape index (κ3) is 35.4. The van der Waals surface area contributed by atoms with Gasteiger partial charge in [0.2, 0.25) is 5.91 Å². The maximum Gasteiger partial charge on any atom is 0.220 e. The molecule has 0 bridgehead atoms. The molecular weight excluding hydrogens is 1000 g/mol. The number of unbranched alkanes of at least 4 members (excludes halogenated alkanes) is 30. The molecule has 2 aliphatic rings. The highest BCUT2D eigenvalue weighted by molar-refractivity contribution is 5.76. The van der Waals surface area contributed by atoms with Gasteiger partial charge in [-0.1, -0.05) is 248 Å². The van der Waals surface area contributed by atoms with Crippen LogP contribution in [0.2, 0.25) is 0 Å². The Kier molecular flexibility index (Phi) is 46.3. The topological polar surface area (TPSA) is 228 Å². The fraction of sp³-hybridized carbons (Fsp3) is 0.831. The smallest absolute Gasteiger partial charge is 0.220 e. The van der Waals surface area contributed by atoms with Gasteiger partial charge in [0, 0.05) is 6.42 Å². The molecule has 12 unspecified atom stereocenters. The van der Waals surface area contributed by atoms with Crippen molar-refractivity contribution in [1.29, 1.82) is 0 Å². The zero-order valence-corrected chi connectivity index (χ0v) is 49.6. The number of nitrogens with one attached hydrogen (secondary N) is 1. The molecule has 2 aliphatic heterocycles. The van der Waals surface area contributed by atoms with Crippen LogP contribution < -0.4 is 5.32 Å². The molecule has 2 saturated heterocycles. The molecule has 12 atom stereocenters. The van der Waals surface area contributed by atoms with E-state index in [4.69, 9.17) is 18.9 Å². The van der Waals surface area contributed by atoms with Crippen LogP contribution in [0.5, 0.6) is 0 Å². The molecule has 2 heterocycles. The highest BCUT2D eigenvalue weighted by Gasteiger charge is 2.51. The Balaban J connectivity index is 1.70. The number of aliphatic hydroxyl groups excluding tert-OH is 8. The lowest BCUT2D eigenvalue weighted by molar-refractivity contribution is -0.359. The molecule has 79 heavy (non-hydrogen) atoms. The van der Waals surface area contributed by atoms with Crippen molar-refractivity contribution in [3.8, 4) is 0 Å². The molecule has 0 aromatic carbocycles. The van der Waals surface area contributed by atoms with Crippen LogP contribution in [0.3, 0.4) is 0 Å². The van der Waals surface area contributed by atoms with Crippen LogP contribution in [-0.2, 0) is 23.7 Å². The number of hydrogen-bond acceptors (Lipinski definition) is 13. The molecule has 2 rings (SSSR count). The second-order valence-electron chi connectivity index (χ2n) is 22.5. The second-order valence-corrected chi connectivity index (χ2v) is 22.5. The molecule has 0 saturated carbocycles. The van der Waals surface area contributed by atoms with E-state index in [-0.39, 0.29) is 18.9 Å². The van der Waals surface area contributed by atoms with E-state index < -0.39 is 86.8 Å². The van der Waals surface area contributed by atoms with Crippen LogP contribution in [0.25, 0.3) is 0 Å². The average molecular weight is 1120 g/mol. The maximum atomic E-state index is 13.2. The first-order valence-corrected chi connectivity index (χ1v) is 32.0. The molecule has 0 aliphatic carbocycles. The monoisotopic (exact) mass is 1120 g/mol. The first-order chi connectivity index (χ1) is 38.6. The summed E-state index contributed by atoms with van der Waals surface area (Å²) in [5.41, 5.74) is 0. The second kappa shape index (κ2) is 50.2. The van der Waals surface area contributed by atoms with E-state index in [1.807, 2.05) is 6.08 Å². The van der Waals surface area contributed by atoms with E-state index in [2.05, 4.69) is 67.8 Å². The van der Waals surface area contributed by atoms with E-state index in [9.17, 15) is 45.6 Å². The number of rotatable bonds is 51. The Hall–Kier alpha value is -2.31. The number of allylic oxidation sites excluding steroid dienone is 9. The lowest BCUT2D eigenvalue weighted by atomic mass is 9.97. The Morgan fingerprint density at radius 2 is 0.873 bits per heavy atom. The highest BCUT2D eigenvalue weighted by atomic mass is 16.7. The van der Waals surface area contributed by atoms with Gasteiger partial charge in [-0.15, -0.1) is 0 Å². The summed E-state index contributed by atoms with van der Waals surface area (Å²) in [6.07, 6.45) is 48.6. The predicted molar refractivity (Wildman–Crippen MR) is 318 cm³/mol. The van der Waals surface area contributed by atoms with Gasteiger partial charge in [-0.05, 0) is 57.8 Å². The summed E-state index contributed by atoms with van der Waals surface area (Å²) < 4.78 is 22.8. The predicted octanol–water partition coefficient (Wildman–Crippen LogP) is 11.7. The minimum atomic E-state index is -1.79. The maximum absolute atomic E-state index is 13.2. The first-order valence-electron chi connectivity index (χ1n) is 32.0. The SMILES string of the molecule is CC/C=C\C/C=C\C/C=C\C/C=C\CCCCC(=O)NC(COC1OC(CO)C(OC2OC(CO)C(O)C(O)C2O)C(O)C1O)C(O)/C=C/CCCCCCCCCCCCCCCCCCCCCCCCCCCCCC. The normalized spacial score (nSPS) is 24.8. The van der Waals surface area contributed by atoms with Crippen molar-refractivity contribution in [2.45, 2.75) is 325 Å². The van der Waals surface area contributed by atoms with E-state index in [1.54, 1.807) is 6.08 Å². The Labute approximate surface area is 479 Å². The van der Waals surface area contributed by atoms with E-state index in [0.717, 1.165) is 57.8 Å². The number of carbonyl (C=O) groups excluding carboxylic acids is 1. The summed E-state index contributed by atoms with van der Waals surface area (Å²) in [5, 5.41) is 87.1. The average Bonchev–Trinajstić information content (AvgIpc) is 3.47. The van der Waals surface area contributed by atoms with Crippen molar-refractivity contribution in [2.24, 2.45) is 0 Å². The highest BCUT2D eigenvalue weighted by Crippen LogP contribution is 2.30. The van der Waals surface area contributed by atoms with Gasteiger partial charge in [0.25, 0.3) is 0 Å². The molecule has 9 N–H and O–H groups in total. The molecule has 14 nitrogen and oxygen atoms in total. The van der Waals surface area contributed by atoms with Gasteiger partial charge in [0.05, 0.1) is 32.0 Å². The summed E-state index contributed by atoms with van der Waals surface area (Å²) in [4.78, 5) is 13.2. The molecule has 0 aromatic heterocycles.